The van der Waals surface area contributed by atoms with Crippen LogP contribution >= 0.6 is 23.4 Å². The smallest absolute Gasteiger partial charge is 0.353 e. The van der Waals surface area contributed by atoms with Gasteiger partial charge in [-0.3, -0.25) is 24.6 Å². The number of non-ortho nitro benzene ring substituents is 1. The Bertz CT molecular complexity index is 1150. The summed E-state index contributed by atoms with van der Waals surface area (Å²) >= 11 is 7.66. The molecular weight excluding hydrogens is 470 g/mol. The highest BCUT2D eigenvalue weighted by molar-refractivity contribution is 8.01. The van der Waals surface area contributed by atoms with Crippen LogP contribution in [0.15, 0.2) is 65.3 Å². The molecule has 11 heteroatoms. The summed E-state index contributed by atoms with van der Waals surface area (Å²) < 4.78 is 0. The third-order valence-corrected chi connectivity index (χ3v) is 7.46. The fourth-order valence-corrected chi connectivity index (χ4v) is 5.72. The maximum atomic E-state index is 12.7. The normalized spacial score (nSPS) is 21.8. The Hall–Kier alpha value is -3.37. The summed E-state index contributed by atoms with van der Waals surface area (Å²) in [5.41, 5.74) is 1.16. The lowest BCUT2D eigenvalue weighted by Gasteiger charge is -2.50. The molecule has 0 aromatic heterocycles. The Morgan fingerprint density at radius 1 is 1.12 bits per heavy atom. The molecule has 0 spiro atoms. The van der Waals surface area contributed by atoms with E-state index in [-0.39, 0.29) is 28.7 Å². The Balaban J connectivity index is 1.51. The molecule has 9 nitrogen and oxygen atoms in total. The molecule has 2 aromatic rings. The second kappa shape index (κ2) is 9.24. The van der Waals surface area contributed by atoms with Crippen LogP contribution in [-0.4, -0.2) is 49.4 Å². The predicted molar refractivity (Wildman–Crippen MR) is 121 cm³/mol. The minimum atomic E-state index is -1.33. The van der Waals surface area contributed by atoms with Crippen LogP contribution in [0.1, 0.15) is 11.1 Å². The van der Waals surface area contributed by atoms with Crippen LogP contribution < -0.4 is 5.32 Å². The first-order valence-electron chi connectivity index (χ1n) is 9.94. The first-order valence-corrected chi connectivity index (χ1v) is 11.3. The Kier molecular flexibility index (Phi) is 6.39. The van der Waals surface area contributed by atoms with Gasteiger partial charge in [-0.15, -0.1) is 11.8 Å². The summed E-state index contributed by atoms with van der Waals surface area (Å²) in [6.07, 6.45) is 0.401. The highest BCUT2D eigenvalue weighted by atomic mass is 35.5. The number of carboxylic acids is 1. The average molecular weight is 488 g/mol. The van der Waals surface area contributed by atoms with Crippen molar-refractivity contribution in [1.29, 1.82) is 0 Å². The number of β-lactam (4-membered cyclic amide) rings is 1. The number of rotatable bonds is 7. The highest BCUT2D eigenvalue weighted by Gasteiger charge is 2.56. The van der Waals surface area contributed by atoms with Gasteiger partial charge in [-0.2, -0.15) is 0 Å². The molecule has 4 rings (SSSR count). The molecule has 2 amide bonds. The number of hydrogen-bond acceptors (Lipinski definition) is 6. The van der Waals surface area contributed by atoms with Gasteiger partial charge in [0.15, 0.2) is 0 Å². The van der Waals surface area contributed by atoms with Crippen molar-refractivity contribution in [1.82, 2.24) is 10.2 Å². The number of nitro groups is 1. The number of benzene rings is 2. The zero-order valence-electron chi connectivity index (χ0n) is 17.0. The number of amides is 2. The lowest BCUT2D eigenvalue weighted by molar-refractivity contribution is -0.384. The van der Waals surface area contributed by atoms with E-state index in [4.69, 9.17) is 11.6 Å². The van der Waals surface area contributed by atoms with Gasteiger partial charge in [0.25, 0.3) is 11.6 Å². The Morgan fingerprint density at radius 2 is 1.79 bits per heavy atom. The SMILES string of the molecule is O=C(Cc1ccccc1)NC1C(=O)N2C(C(=O)O)=C(Cl)C(Cc3ccc([N+](=O)[O-])cc3)S[C@H]12. The van der Waals surface area contributed by atoms with E-state index in [2.05, 4.69) is 5.32 Å². The number of carbonyl (C=O) groups excluding carboxylic acids is 2. The van der Waals surface area contributed by atoms with Gasteiger partial charge in [-0.1, -0.05) is 54.1 Å². The summed E-state index contributed by atoms with van der Waals surface area (Å²) in [6, 6.07) is 14.1. The number of nitrogens with one attached hydrogen (secondary N) is 1. The number of halogens is 1. The number of carboxylic acid groups (broad SMARTS) is 1. The van der Waals surface area contributed by atoms with Crippen molar-refractivity contribution in [2.45, 2.75) is 29.5 Å². The van der Waals surface area contributed by atoms with Crippen LogP contribution in [-0.2, 0) is 27.2 Å². The number of hydrogen-bond donors (Lipinski definition) is 2. The summed E-state index contributed by atoms with van der Waals surface area (Å²) in [7, 11) is 0. The van der Waals surface area contributed by atoms with Crippen LogP contribution in [0.2, 0.25) is 0 Å². The van der Waals surface area contributed by atoms with Crippen LogP contribution in [0.25, 0.3) is 0 Å². The van der Waals surface area contributed by atoms with E-state index in [1.54, 1.807) is 24.3 Å². The van der Waals surface area contributed by atoms with Crippen molar-refractivity contribution < 1.29 is 24.4 Å². The molecule has 2 N–H and O–H groups in total. The van der Waals surface area contributed by atoms with Gasteiger partial charge >= 0.3 is 5.97 Å². The molecule has 0 bridgehead atoms. The van der Waals surface area contributed by atoms with Crippen molar-refractivity contribution in [3.05, 3.63) is 86.6 Å². The molecule has 0 aliphatic carbocycles. The highest BCUT2D eigenvalue weighted by Crippen LogP contribution is 2.46. The maximum Gasteiger partial charge on any atom is 0.353 e. The van der Waals surface area contributed by atoms with Gasteiger partial charge in [0, 0.05) is 17.4 Å². The number of carbonyl (C=O) groups is 3. The van der Waals surface area contributed by atoms with Gasteiger partial charge in [0.05, 0.1) is 16.4 Å². The number of fused-ring (bicyclic) bond motifs is 1. The number of nitro benzene ring substituents is 1. The molecule has 0 radical (unpaired) electrons. The van der Waals surface area contributed by atoms with E-state index in [0.29, 0.717) is 6.42 Å². The molecule has 2 aliphatic rings. The second-order valence-corrected chi connectivity index (χ2v) is 9.29. The topological polar surface area (TPSA) is 130 Å². The molecule has 2 aliphatic heterocycles. The summed E-state index contributed by atoms with van der Waals surface area (Å²) in [6.45, 7) is 0. The van der Waals surface area contributed by atoms with E-state index in [0.717, 1.165) is 16.0 Å². The fourth-order valence-electron chi connectivity index (χ4n) is 3.79. The van der Waals surface area contributed by atoms with Crippen molar-refractivity contribution in [3.8, 4) is 0 Å². The number of thioether (sulfide) groups is 1. The largest absolute Gasteiger partial charge is 0.477 e. The van der Waals surface area contributed by atoms with E-state index in [1.165, 1.54) is 23.9 Å². The lowest BCUT2D eigenvalue weighted by Crippen LogP contribution is -2.71. The van der Waals surface area contributed by atoms with Crippen LogP contribution in [0, 0.1) is 10.1 Å². The molecule has 1 saturated heterocycles. The molecular formula is C22H18ClN3O6S. The van der Waals surface area contributed by atoms with Crippen LogP contribution in [0.5, 0.6) is 0 Å². The number of nitrogens with zero attached hydrogens (tertiary/aromatic N) is 2. The standard InChI is InChI=1S/C22H18ClN3O6S/c23-17-15(10-13-6-8-14(9-7-13)26(31)32)33-21-18(20(28)25(21)19(17)22(29)30)24-16(27)11-12-4-2-1-3-5-12/h1-9,15,18,21H,10-11H2,(H,24,27)(H,29,30)/t15?,18?,21-/m1/s1. The average Bonchev–Trinajstić information content (AvgIpc) is 2.79. The third-order valence-electron chi connectivity index (χ3n) is 5.39. The molecule has 0 saturated carbocycles. The summed E-state index contributed by atoms with van der Waals surface area (Å²) in [5, 5.41) is 22.2. The third kappa shape index (κ3) is 4.57. The van der Waals surface area contributed by atoms with Gasteiger partial charge in [0.2, 0.25) is 5.91 Å². The van der Waals surface area contributed by atoms with Gasteiger partial charge < -0.3 is 10.4 Å². The monoisotopic (exact) mass is 487 g/mol. The predicted octanol–water partition coefficient (Wildman–Crippen LogP) is 2.68. The van der Waals surface area contributed by atoms with Gasteiger partial charge in [-0.05, 0) is 17.5 Å². The molecule has 2 unspecified atom stereocenters. The fraction of sp³-hybridized carbons (Fsp3) is 0.227. The van der Waals surface area contributed by atoms with Gasteiger partial charge in [-0.25, -0.2) is 4.79 Å². The molecule has 2 heterocycles. The summed E-state index contributed by atoms with van der Waals surface area (Å²) in [5.74, 6) is -2.20. The van der Waals surface area contributed by atoms with Crippen molar-refractivity contribution in [2.75, 3.05) is 0 Å². The maximum absolute atomic E-state index is 12.7. The quantitative estimate of drug-likeness (QED) is 0.349. The zero-order chi connectivity index (χ0) is 23.7. The van der Waals surface area contributed by atoms with Gasteiger partial charge in [0.1, 0.15) is 17.1 Å². The Labute approximate surface area is 197 Å². The van der Waals surface area contributed by atoms with Crippen LogP contribution in [0.4, 0.5) is 5.69 Å². The van der Waals surface area contributed by atoms with E-state index in [1.807, 2.05) is 18.2 Å². The van der Waals surface area contributed by atoms with E-state index < -0.39 is 33.5 Å². The lowest BCUT2D eigenvalue weighted by atomic mass is 10.0. The summed E-state index contributed by atoms with van der Waals surface area (Å²) in [4.78, 5) is 48.5. The van der Waals surface area contributed by atoms with Crippen molar-refractivity contribution in [2.24, 2.45) is 0 Å². The van der Waals surface area contributed by atoms with Crippen molar-refractivity contribution >= 4 is 46.8 Å². The zero-order valence-corrected chi connectivity index (χ0v) is 18.6. The molecule has 33 heavy (non-hydrogen) atoms. The molecule has 3 atom stereocenters. The minimum Gasteiger partial charge on any atom is -0.477 e. The van der Waals surface area contributed by atoms with Crippen LogP contribution in [0.3, 0.4) is 0 Å². The van der Waals surface area contributed by atoms with Crippen molar-refractivity contribution in [3.63, 3.8) is 0 Å². The molecule has 1 fully saturated rings. The molecule has 2 aromatic carbocycles. The minimum absolute atomic E-state index is 0.0181. The second-order valence-electron chi connectivity index (χ2n) is 7.56. The molecule has 170 valence electrons. The first-order chi connectivity index (χ1) is 15.8. The van der Waals surface area contributed by atoms with E-state index >= 15 is 0 Å². The first kappa shape index (κ1) is 22.8. The number of aliphatic carboxylic acids is 1. The van der Waals surface area contributed by atoms with E-state index in [9.17, 15) is 29.6 Å². The Morgan fingerprint density at radius 3 is 2.39 bits per heavy atom.